The maximum atomic E-state index is 12.1. The number of aryl methyl sites for hydroxylation is 1. The molecule has 2 N–H and O–H groups in total. The topological polar surface area (TPSA) is 70.7 Å². The fraction of sp³-hybridized carbons (Fsp3) is 0.556. The average molecular weight is 333 g/mol. The van der Waals surface area contributed by atoms with Gasteiger partial charge in [-0.25, -0.2) is 0 Å². The summed E-state index contributed by atoms with van der Waals surface area (Å²) in [7, 11) is 3.55. The van der Waals surface area contributed by atoms with Crippen LogP contribution in [0.2, 0.25) is 0 Å². The summed E-state index contributed by atoms with van der Waals surface area (Å²) in [6.07, 6.45) is 1.80. The van der Waals surface area contributed by atoms with Gasteiger partial charge in [-0.15, -0.1) is 0 Å². The van der Waals surface area contributed by atoms with E-state index in [1.54, 1.807) is 7.11 Å². The van der Waals surface area contributed by atoms with Crippen LogP contribution in [-0.4, -0.2) is 56.0 Å². The summed E-state index contributed by atoms with van der Waals surface area (Å²) >= 11 is 0. The largest absolute Gasteiger partial charge is 0.497 e. The number of carbonyl (C=O) groups is 2. The van der Waals surface area contributed by atoms with E-state index in [9.17, 15) is 9.59 Å². The number of rotatable bonds is 7. The molecule has 2 rings (SSSR count). The normalized spacial score (nSPS) is 20.6. The van der Waals surface area contributed by atoms with Crippen LogP contribution in [0, 0.1) is 0 Å². The zero-order valence-corrected chi connectivity index (χ0v) is 14.7. The lowest BCUT2D eigenvalue weighted by Gasteiger charge is -2.17. The van der Waals surface area contributed by atoms with Gasteiger partial charge in [0.05, 0.1) is 13.2 Å². The maximum Gasteiger partial charge on any atom is 0.237 e. The lowest BCUT2D eigenvalue weighted by molar-refractivity contribution is -0.125. The molecule has 1 aromatic carbocycles. The number of nitrogens with one attached hydrogen (secondary N) is 2. The van der Waals surface area contributed by atoms with Gasteiger partial charge in [0.15, 0.2) is 0 Å². The predicted octanol–water partition coefficient (Wildman–Crippen LogP) is 0.953. The van der Waals surface area contributed by atoms with Crippen molar-refractivity contribution in [2.75, 3.05) is 27.2 Å². The first kappa shape index (κ1) is 18.3. The molecule has 2 unspecified atom stereocenters. The quantitative estimate of drug-likeness (QED) is 0.779. The van der Waals surface area contributed by atoms with Gasteiger partial charge in [-0.3, -0.25) is 14.5 Å². The van der Waals surface area contributed by atoms with Crippen LogP contribution < -0.4 is 15.4 Å². The fourth-order valence-electron chi connectivity index (χ4n) is 3.05. The molecule has 2 atom stereocenters. The van der Waals surface area contributed by atoms with Gasteiger partial charge in [0.25, 0.3) is 0 Å². The Hall–Kier alpha value is -2.08. The standard InChI is InChI=1S/C18H27N3O3/c1-4-19-18(23)16-11-14(12-21(16)2)20-17(22)10-7-13-5-8-15(24-3)9-6-13/h5-6,8-9,14,16H,4,7,10-12H2,1-3H3,(H,19,23)(H,20,22). The minimum atomic E-state index is -0.156. The molecular formula is C18H27N3O3. The number of hydrogen-bond donors (Lipinski definition) is 2. The highest BCUT2D eigenvalue weighted by atomic mass is 16.5. The van der Waals surface area contributed by atoms with Crippen molar-refractivity contribution < 1.29 is 14.3 Å². The zero-order valence-electron chi connectivity index (χ0n) is 14.7. The number of likely N-dealkylation sites (tertiary alicyclic amines) is 1. The molecule has 1 saturated heterocycles. The van der Waals surface area contributed by atoms with E-state index in [0.717, 1.165) is 11.3 Å². The first-order valence-electron chi connectivity index (χ1n) is 8.43. The molecule has 0 bridgehead atoms. The number of amides is 2. The third-order valence-corrected chi connectivity index (χ3v) is 4.37. The molecule has 0 radical (unpaired) electrons. The lowest BCUT2D eigenvalue weighted by atomic mass is 10.1. The van der Waals surface area contributed by atoms with Gasteiger partial charge in [-0.1, -0.05) is 12.1 Å². The Morgan fingerprint density at radius 3 is 2.62 bits per heavy atom. The van der Waals surface area contributed by atoms with Crippen LogP contribution in [0.4, 0.5) is 0 Å². The molecule has 0 saturated carbocycles. The van der Waals surface area contributed by atoms with Crippen LogP contribution in [0.1, 0.15) is 25.3 Å². The van der Waals surface area contributed by atoms with E-state index in [2.05, 4.69) is 10.6 Å². The third kappa shape index (κ3) is 4.96. The van der Waals surface area contributed by atoms with E-state index in [1.807, 2.05) is 43.1 Å². The first-order chi connectivity index (χ1) is 11.5. The van der Waals surface area contributed by atoms with Crippen LogP contribution in [0.3, 0.4) is 0 Å². The van der Waals surface area contributed by atoms with Crippen molar-refractivity contribution in [2.24, 2.45) is 0 Å². The molecule has 1 aliphatic heterocycles. The second-order valence-corrected chi connectivity index (χ2v) is 6.20. The van der Waals surface area contributed by atoms with Crippen LogP contribution in [0.15, 0.2) is 24.3 Å². The van der Waals surface area contributed by atoms with Gasteiger partial charge in [-0.2, -0.15) is 0 Å². The van der Waals surface area contributed by atoms with Gasteiger partial charge in [0.1, 0.15) is 5.75 Å². The molecule has 6 heteroatoms. The predicted molar refractivity (Wildman–Crippen MR) is 93.0 cm³/mol. The molecule has 0 aromatic heterocycles. The number of ether oxygens (including phenoxy) is 1. The van der Waals surface area contributed by atoms with Crippen molar-refractivity contribution in [1.29, 1.82) is 0 Å². The summed E-state index contributed by atoms with van der Waals surface area (Å²) in [5.41, 5.74) is 1.11. The Labute approximate surface area is 143 Å². The molecule has 1 fully saturated rings. The van der Waals surface area contributed by atoms with E-state index in [4.69, 9.17) is 4.74 Å². The van der Waals surface area contributed by atoms with Crippen molar-refractivity contribution in [1.82, 2.24) is 15.5 Å². The molecule has 132 valence electrons. The summed E-state index contributed by atoms with van der Waals surface area (Å²) in [5, 5.41) is 5.89. The Bertz CT molecular complexity index is 559. The van der Waals surface area contributed by atoms with E-state index in [-0.39, 0.29) is 23.9 Å². The molecule has 0 aliphatic carbocycles. The smallest absolute Gasteiger partial charge is 0.237 e. The number of carbonyl (C=O) groups excluding carboxylic acids is 2. The van der Waals surface area contributed by atoms with Gasteiger partial charge < -0.3 is 15.4 Å². The van der Waals surface area contributed by atoms with Crippen LogP contribution in [0.5, 0.6) is 5.75 Å². The Balaban J connectivity index is 1.77. The Morgan fingerprint density at radius 1 is 1.29 bits per heavy atom. The van der Waals surface area contributed by atoms with E-state index < -0.39 is 0 Å². The van der Waals surface area contributed by atoms with Crippen LogP contribution in [-0.2, 0) is 16.0 Å². The highest BCUT2D eigenvalue weighted by Gasteiger charge is 2.34. The summed E-state index contributed by atoms with van der Waals surface area (Å²) in [4.78, 5) is 26.1. The van der Waals surface area contributed by atoms with Crippen molar-refractivity contribution in [3.63, 3.8) is 0 Å². The average Bonchev–Trinajstić information content (AvgIpc) is 2.94. The number of likely N-dealkylation sites (N-methyl/N-ethyl adjacent to an activating group) is 2. The van der Waals surface area contributed by atoms with E-state index >= 15 is 0 Å². The van der Waals surface area contributed by atoms with Crippen molar-refractivity contribution in [2.45, 2.75) is 38.3 Å². The minimum Gasteiger partial charge on any atom is -0.497 e. The number of hydrogen-bond acceptors (Lipinski definition) is 4. The monoisotopic (exact) mass is 333 g/mol. The zero-order chi connectivity index (χ0) is 17.5. The molecular weight excluding hydrogens is 306 g/mol. The van der Waals surface area contributed by atoms with E-state index in [0.29, 0.717) is 32.4 Å². The molecule has 2 amide bonds. The highest BCUT2D eigenvalue weighted by molar-refractivity contribution is 5.82. The highest BCUT2D eigenvalue weighted by Crippen LogP contribution is 2.17. The molecule has 24 heavy (non-hydrogen) atoms. The molecule has 1 aliphatic rings. The van der Waals surface area contributed by atoms with Gasteiger partial charge in [0.2, 0.25) is 11.8 Å². The van der Waals surface area contributed by atoms with Crippen LogP contribution in [0.25, 0.3) is 0 Å². The van der Waals surface area contributed by atoms with Crippen molar-refractivity contribution in [3.8, 4) is 5.75 Å². The Morgan fingerprint density at radius 2 is 2.00 bits per heavy atom. The van der Waals surface area contributed by atoms with Gasteiger partial charge in [-0.05, 0) is 44.5 Å². The first-order valence-corrected chi connectivity index (χ1v) is 8.43. The molecule has 6 nitrogen and oxygen atoms in total. The lowest BCUT2D eigenvalue weighted by Crippen LogP contribution is -2.41. The Kier molecular flexibility index (Phi) is 6.61. The molecule has 1 aromatic rings. The van der Waals surface area contributed by atoms with Gasteiger partial charge >= 0.3 is 0 Å². The van der Waals surface area contributed by atoms with Gasteiger partial charge in [0, 0.05) is 25.6 Å². The summed E-state index contributed by atoms with van der Waals surface area (Å²) < 4.78 is 5.12. The van der Waals surface area contributed by atoms with Crippen molar-refractivity contribution in [3.05, 3.63) is 29.8 Å². The van der Waals surface area contributed by atoms with Crippen LogP contribution >= 0.6 is 0 Å². The summed E-state index contributed by atoms with van der Waals surface area (Å²) in [6.45, 7) is 3.24. The maximum absolute atomic E-state index is 12.1. The minimum absolute atomic E-state index is 0.0285. The SMILES string of the molecule is CCNC(=O)C1CC(NC(=O)CCc2ccc(OC)cc2)CN1C. The number of nitrogens with zero attached hydrogens (tertiary/aromatic N) is 1. The van der Waals surface area contributed by atoms with Crippen molar-refractivity contribution >= 4 is 11.8 Å². The molecule has 1 heterocycles. The second kappa shape index (κ2) is 8.68. The summed E-state index contributed by atoms with van der Waals surface area (Å²) in [6, 6.07) is 7.62. The third-order valence-electron chi connectivity index (χ3n) is 4.37. The number of methoxy groups -OCH3 is 1. The summed E-state index contributed by atoms with van der Waals surface area (Å²) in [5.74, 6) is 0.879. The number of benzene rings is 1. The fourth-order valence-corrected chi connectivity index (χ4v) is 3.05. The molecule has 0 spiro atoms. The second-order valence-electron chi connectivity index (χ2n) is 6.20. The van der Waals surface area contributed by atoms with E-state index in [1.165, 1.54) is 0 Å².